The van der Waals surface area contributed by atoms with Crippen LogP contribution in [-0.2, 0) is 11.3 Å². The van der Waals surface area contributed by atoms with Gasteiger partial charge in [-0.1, -0.05) is 44.2 Å². The molecule has 0 spiro atoms. The lowest BCUT2D eigenvalue weighted by atomic mass is 10.1. The number of nitrogens with one attached hydrogen (secondary N) is 1. The zero-order valence-corrected chi connectivity index (χ0v) is 12.7. The number of hydrogen-bond donors (Lipinski definition) is 2. The number of benzene rings is 2. The van der Waals surface area contributed by atoms with Gasteiger partial charge in [0, 0.05) is 6.54 Å². The van der Waals surface area contributed by atoms with E-state index in [4.69, 9.17) is 5.73 Å². The van der Waals surface area contributed by atoms with Crippen molar-refractivity contribution in [2.75, 3.05) is 18.2 Å². The Hall–Kier alpha value is -2.49. The number of nitrogen functional groups attached to an aromatic ring is 1. The van der Waals surface area contributed by atoms with Crippen molar-refractivity contribution >= 4 is 17.3 Å². The van der Waals surface area contributed by atoms with Crippen LogP contribution in [0.25, 0.3) is 0 Å². The van der Waals surface area contributed by atoms with Crippen molar-refractivity contribution < 1.29 is 9.53 Å². The molecule has 0 heterocycles. The zero-order chi connectivity index (χ0) is 15.7. The number of carbonyl (C=O) groups is 1. The van der Waals surface area contributed by atoms with E-state index in [9.17, 15) is 4.79 Å². The largest absolute Gasteiger partial charge is 0.465 e. The second-order valence-electron chi connectivity index (χ2n) is 4.13. The first-order valence-electron chi connectivity index (χ1n) is 6.96. The highest BCUT2D eigenvalue weighted by Crippen LogP contribution is 2.21. The lowest BCUT2D eigenvalue weighted by molar-refractivity contribution is 0.0601. The average Bonchev–Trinajstić information content (AvgIpc) is 2.55. The maximum atomic E-state index is 11.4. The third-order valence-corrected chi connectivity index (χ3v) is 2.80. The van der Waals surface area contributed by atoms with Crippen LogP contribution in [0.5, 0.6) is 0 Å². The smallest absolute Gasteiger partial charge is 0.337 e. The van der Waals surface area contributed by atoms with Crippen LogP contribution in [0.15, 0.2) is 48.5 Å². The topological polar surface area (TPSA) is 64.3 Å². The number of ether oxygens (including phenoxy) is 1. The van der Waals surface area contributed by atoms with Crippen LogP contribution in [0.4, 0.5) is 11.4 Å². The highest BCUT2D eigenvalue weighted by molar-refractivity contribution is 5.91. The summed E-state index contributed by atoms with van der Waals surface area (Å²) in [5, 5.41) is 3.24. The summed E-state index contributed by atoms with van der Waals surface area (Å²) in [6, 6.07) is 15.1. The summed E-state index contributed by atoms with van der Waals surface area (Å²) in [6.07, 6.45) is 0. The number of esters is 1. The van der Waals surface area contributed by atoms with E-state index in [0.717, 1.165) is 5.69 Å². The molecule has 0 fully saturated rings. The summed E-state index contributed by atoms with van der Waals surface area (Å²) in [6.45, 7) is 4.68. The highest BCUT2D eigenvalue weighted by Gasteiger charge is 2.07. The lowest BCUT2D eigenvalue weighted by Gasteiger charge is -2.10. The molecule has 0 aliphatic heterocycles. The van der Waals surface area contributed by atoms with Gasteiger partial charge in [-0.25, -0.2) is 4.79 Å². The molecule has 0 aliphatic rings. The molecule has 0 aliphatic carbocycles. The van der Waals surface area contributed by atoms with Crippen LogP contribution in [0.3, 0.4) is 0 Å². The van der Waals surface area contributed by atoms with Gasteiger partial charge in [-0.3, -0.25) is 0 Å². The number of hydrogen-bond acceptors (Lipinski definition) is 4. The van der Waals surface area contributed by atoms with Gasteiger partial charge < -0.3 is 15.8 Å². The fourth-order valence-corrected chi connectivity index (χ4v) is 1.76. The van der Waals surface area contributed by atoms with E-state index in [1.54, 1.807) is 18.2 Å². The third kappa shape index (κ3) is 4.84. The second-order valence-corrected chi connectivity index (χ2v) is 4.13. The SMILES string of the molecule is CC.COC(=O)c1ccc(NCc2ccccc2)c(N)c1. The number of methoxy groups -OCH3 is 1. The van der Waals surface area contributed by atoms with Crippen molar-refractivity contribution in [3.05, 3.63) is 59.7 Å². The maximum Gasteiger partial charge on any atom is 0.337 e. The molecule has 0 saturated heterocycles. The first kappa shape index (κ1) is 16.6. The number of nitrogens with two attached hydrogens (primary N) is 1. The van der Waals surface area contributed by atoms with Crippen LogP contribution in [-0.4, -0.2) is 13.1 Å². The Labute approximate surface area is 125 Å². The minimum atomic E-state index is -0.388. The lowest BCUT2D eigenvalue weighted by Crippen LogP contribution is -2.06. The molecule has 21 heavy (non-hydrogen) atoms. The predicted molar refractivity (Wildman–Crippen MR) is 87.3 cm³/mol. The molecule has 112 valence electrons. The first-order chi connectivity index (χ1) is 10.2. The average molecular weight is 286 g/mol. The summed E-state index contributed by atoms with van der Waals surface area (Å²) in [5.74, 6) is -0.388. The molecule has 0 amide bonds. The van der Waals surface area contributed by atoms with Crippen LogP contribution in [0.1, 0.15) is 29.8 Å². The van der Waals surface area contributed by atoms with Gasteiger partial charge in [0.1, 0.15) is 0 Å². The molecule has 2 aromatic carbocycles. The van der Waals surface area contributed by atoms with Gasteiger partial charge >= 0.3 is 5.97 Å². The molecule has 3 N–H and O–H groups in total. The van der Waals surface area contributed by atoms with Crippen molar-refractivity contribution in [2.24, 2.45) is 0 Å². The van der Waals surface area contributed by atoms with Crippen LogP contribution >= 0.6 is 0 Å². The fourth-order valence-electron chi connectivity index (χ4n) is 1.76. The predicted octanol–water partition coefficient (Wildman–Crippen LogP) is 3.69. The van der Waals surface area contributed by atoms with Crippen LogP contribution in [0.2, 0.25) is 0 Å². The van der Waals surface area contributed by atoms with E-state index in [2.05, 4.69) is 10.1 Å². The summed E-state index contributed by atoms with van der Waals surface area (Å²) >= 11 is 0. The number of rotatable bonds is 4. The molecular formula is C17H22N2O2. The van der Waals surface area contributed by atoms with E-state index in [-0.39, 0.29) is 5.97 Å². The van der Waals surface area contributed by atoms with E-state index in [0.29, 0.717) is 17.8 Å². The van der Waals surface area contributed by atoms with E-state index in [1.807, 2.05) is 44.2 Å². The molecule has 0 atom stereocenters. The Morgan fingerprint density at radius 2 is 1.81 bits per heavy atom. The van der Waals surface area contributed by atoms with Crippen molar-refractivity contribution in [3.63, 3.8) is 0 Å². The molecule has 0 radical (unpaired) electrons. The van der Waals surface area contributed by atoms with Crippen molar-refractivity contribution in [1.29, 1.82) is 0 Å². The van der Waals surface area contributed by atoms with E-state index in [1.165, 1.54) is 12.7 Å². The van der Waals surface area contributed by atoms with Gasteiger partial charge in [0.2, 0.25) is 0 Å². The molecule has 0 saturated carbocycles. The molecule has 4 nitrogen and oxygen atoms in total. The summed E-state index contributed by atoms with van der Waals surface area (Å²) in [4.78, 5) is 11.4. The van der Waals surface area contributed by atoms with Gasteiger partial charge in [0.15, 0.2) is 0 Å². The molecular weight excluding hydrogens is 264 g/mol. The zero-order valence-electron chi connectivity index (χ0n) is 12.7. The Bertz CT molecular complexity index is 568. The molecule has 0 bridgehead atoms. The molecule has 0 unspecified atom stereocenters. The molecule has 4 heteroatoms. The third-order valence-electron chi connectivity index (χ3n) is 2.80. The quantitative estimate of drug-likeness (QED) is 0.664. The van der Waals surface area contributed by atoms with Gasteiger partial charge in [-0.15, -0.1) is 0 Å². The van der Waals surface area contributed by atoms with Gasteiger partial charge in [-0.2, -0.15) is 0 Å². The number of anilines is 2. The standard InChI is InChI=1S/C15H16N2O2.C2H6/c1-19-15(18)12-7-8-14(13(16)9-12)17-10-11-5-3-2-4-6-11;1-2/h2-9,17H,10,16H2,1H3;1-2H3. The van der Waals surface area contributed by atoms with Crippen LogP contribution in [0, 0.1) is 0 Å². The Kier molecular flexibility index (Phi) is 6.81. The first-order valence-corrected chi connectivity index (χ1v) is 6.96. The van der Waals surface area contributed by atoms with E-state index < -0.39 is 0 Å². The highest BCUT2D eigenvalue weighted by atomic mass is 16.5. The normalized spacial score (nSPS) is 9.29. The second kappa shape index (κ2) is 8.64. The number of carbonyl (C=O) groups excluding carboxylic acids is 1. The van der Waals surface area contributed by atoms with Crippen molar-refractivity contribution in [1.82, 2.24) is 0 Å². The minimum absolute atomic E-state index is 0.388. The monoisotopic (exact) mass is 286 g/mol. The maximum absolute atomic E-state index is 11.4. The van der Waals surface area contributed by atoms with Gasteiger partial charge in [-0.05, 0) is 23.8 Å². The Morgan fingerprint density at radius 3 is 2.38 bits per heavy atom. The fraction of sp³-hybridized carbons (Fsp3) is 0.235. The summed E-state index contributed by atoms with van der Waals surface area (Å²) in [7, 11) is 1.35. The Morgan fingerprint density at radius 1 is 1.14 bits per heavy atom. The summed E-state index contributed by atoms with van der Waals surface area (Å²) < 4.78 is 4.65. The van der Waals surface area contributed by atoms with E-state index >= 15 is 0 Å². The van der Waals surface area contributed by atoms with Crippen LogP contribution < -0.4 is 11.1 Å². The van der Waals surface area contributed by atoms with Crippen molar-refractivity contribution in [2.45, 2.75) is 20.4 Å². The van der Waals surface area contributed by atoms with Gasteiger partial charge in [0.25, 0.3) is 0 Å². The minimum Gasteiger partial charge on any atom is -0.465 e. The molecule has 0 aromatic heterocycles. The molecule has 2 aromatic rings. The summed E-state index contributed by atoms with van der Waals surface area (Å²) in [5.41, 5.74) is 8.85. The molecule has 2 rings (SSSR count). The van der Waals surface area contributed by atoms with Gasteiger partial charge in [0.05, 0.1) is 24.0 Å². The van der Waals surface area contributed by atoms with Crippen molar-refractivity contribution in [3.8, 4) is 0 Å². The Balaban J connectivity index is 0.00000106.